The topological polar surface area (TPSA) is 83.9 Å². The summed E-state index contributed by atoms with van der Waals surface area (Å²) < 4.78 is 11.5. The number of hydrazone groups is 1. The van der Waals surface area contributed by atoms with E-state index in [1.165, 1.54) is 24.8 Å². The van der Waals surface area contributed by atoms with E-state index < -0.39 is 0 Å². The number of nitrogens with one attached hydrogen (secondary N) is 2. The average molecular weight is 484 g/mol. The van der Waals surface area contributed by atoms with Crippen LogP contribution in [-0.2, 0) is 0 Å². The summed E-state index contributed by atoms with van der Waals surface area (Å²) in [7, 11) is 1.65. The average Bonchev–Trinajstić information content (AvgIpc) is 3.34. The Labute approximate surface area is 212 Å². The zero-order chi connectivity index (χ0) is 25.2. The third kappa shape index (κ3) is 6.72. The maximum absolute atomic E-state index is 5.92. The molecular formula is C29H33N5O2. The highest BCUT2D eigenvalue weighted by Gasteiger charge is 2.10. The number of ether oxygens (including phenoxy) is 2. The second-order valence-corrected chi connectivity index (χ2v) is 8.59. The van der Waals surface area contributed by atoms with Gasteiger partial charge in [0, 0.05) is 0 Å². The van der Waals surface area contributed by atoms with E-state index in [0.29, 0.717) is 24.0 Å². The molecule has 0 saturated heterocycles. The quantitative estimate of drug-likeness (QED) is 0.110. The SMILES string of the molecule is CCCCCCOc1ccc(/C=N/NC(=Nc2ccc(C)cc2)c2nc3ccccc3[nH]2)cc1OC. The van der Waals surface area contributed by atoms with Crippen LogP contribution in [0, 0.1) is 6.92 Å². The molecule has 0 aliphatic heterocycles. The zero-order valence-corrected chi connectivity index (χ0v) is 21.1. The zero-order valence-electron chi connectivity index (χ0n) is 21.1. The van der Waals surface area contributed by atoms with Gasteiger partial charge in [0.25, 0.3) is 0 Å². The summed E-state index contributed by atoms with van der Waals surface area (Å²) in [4.78, 5) is 12.8. The molecule has 186 valence electrons. The van der Waals surface area contributed by atoms with Crippen LogP contribution in [0.5, 0.6) is 11.5 Å². The minimum atomic E-state index is 0.519. The number of hydrogen-bond acceptors (Lipinski definition) is 5. The summed E-state index contributed by atoms with van der Waals surface area (Å²) in [6.07, 6.45) is 6.37. The second-order valence-electron chi connectivity index (χ2n) is 8.59. The van der Waals surface area contributed by atoms with E-state index in [1.807, 2.05) is 73.7 Å². The van der Waals surface area contributed by atoms with Crippen LogP contribution in [0.15, 0.2) is 76.8 Å². The Morgan fingerprint density at radius 2 is 1.83 bits per heavy atom. The Morgan fingerprint density at radius 3 is 2.61 bits per heavy atom. The van der Waals surface area contributed by atoms with Gasteiger partial charge in [0.1, 0.15) is 0 Å². The Hall–Kier alpha value is -4.13. The number of hydrogen-bond donors (Lipinski definition) is 2. The predicted molar refractivity (Wildman–Crippen MR) is 147 cm³/mol. The first-order valence-electron chi connectivity index (χ1n) is 12.4. The van der Waals surface area contributed by atoms with Crippen LogP contribution in [0.4, 0.5) is 5.69 Å². The lowest BCUT2D eigenvalue weighted by atomic mass is 10.2. The van der Waals surface area contributed by atoms with Crippen molar-refractivity contribution in [2.24, 2.45) is 10.1 Å². The summed E-state index contributed by atoms with van der Waals surface area (Å²) >= 11 is 0. The molecule has 3 aromatic carbocycles. The van der Waals surface area contributed by atoms with Gasteiger partial charge in [-0.1, -0.05) is 56.0 Å². The molecule has 0 aliphatic carbocycles. The van der Waals surface area contributed by atoms with Gasteiger partial charge in [-0.3, -0.25) is 5.43 Å². The van der Waals surface area contributed by atoms with Crippen molar-refractivity contribution in [2.45, 2.75) is 39.5 Å². The summed E-state index contributed by atoms with van der Waals surface area (Å²) in [5, 5.41) is 4.44. The molecule has 0 amide bonds. The molecule has 0 fully saturated rings. The summed E-state index contributed by atoms with van der Waals surface area (Å²) in [5.74, 6) is 2.55. The van der Waals surface area contributed by atoms with Crippen molar-refractivity contribution in [3.8, 4) is 11.5 Å². The molecule has 4 aromatic rings. The standard InChI is InChI=1S/C29H33N5O2/c1-4-5-6-9-18-36-26-17-14-22(19-27(26)35-3)20-30-34-29(31-23-15-12-21(2)13-16-23)28-32-24-10-7-8-11-25(24)33-28/h7-8,10-17,19-20H,4-6,9,18H2,1-3H3,(H,31,34)(H,32,33)/b30-20+. The fraction of sp³-hybridized carbons (Fsp3) is 0.276. The molecule has 4 rings (SSSR count). The van der Waals surface area contributed by atoms with Crippen LogP contribution in [0.2, 0.25) is 0 Å². The highest BCUT2D eigenvalue weighted by Crippen LogP contribution is 2.28. The number of aryl methyl sites for hydroxylation is 1. The maximum atomic E-state index is 5.92. The van der Waals surface area contributed by atoms with E-state index in [4.69, 9.17) is 14.5 Å². The molecule has 0 bridgehead atoms. The Morgan fingerprint density at radius 1 is 1.00 bits per heavy atom. The van der Waals surface area contributed by atoms with Crippen LogP contribution in [0.3, 0.4) is 0 Å². The van der Waals surface area contributed by atoms with Crippen LogP contribution in [0.25, 0.3) is 11.0 Å². The third-order valence-electron chi connectivity index (χ3n) is 5.72. The van der Waals surface area contributed by atoms with Gasteiger partial charge in [-0.25, -0.2) is 9.98 Å². The number of nitrogens with zero attached hydrogens (tertiary/aromatic N) is 3. The molecule has 0 spiro atoms. The van der Waals surface area contributed by atoms with Crippen molar-refractivity contribution in [1.29, 1.82) is 0 Å². The minimum absolute atomic E-state index is 0.519. The molecule has 0 saturated carbocycles. The second kappa shape index (κ2) is 12.5. The number of imidazole rings is 1. The number of H-pyrrole nitrogens is 1. The van der Waals surface area contributed by atoms with Crippen molar-refractivity contribution in [3.63, 3.8) is 0 Å². The van der Waals surface area contributed by atoms with E-state index in [2.05, 4.69) is 27.4 Å². The van der Waals surface area contributed by atoms with Crippen molar-refractivity contribution in [2.75, 3.05) is 13.7 Å². The molecule has 0 atom stereocenters. The summed E-state index contributed by atoms with van der Waals surface area (Å²) in [6.45, 7) is 4.93. The molecule has 0 radical (unpaired) electrons. The van der Waals surface area contributed by atoms with Gasteiger partial charge in [0.05, 0.1) is 36.7 Å². The van der Waals surface area contributed by atoms with Crippen LogP contribution in [-0.4, -0.2) is 35.7 Å². The van der Waals surface area contributed by atoms with Gasteiger partial charge in [0.15, 0.2) is 23.2 Å². The third-order valence-corrected chi connectivity index (χ3v) is 5.72. The number of fused-ring (bicyclic) bond motifs is 1. The Kier molecular flexibility index (Phi) is 8.70. The normalized spacial score (nSPS) is 11.8. The summed E-state index contributed by atoms with van der Waals surface area (Å²) in [5.41, 5.74) is 7.72. The number of aromatic nitrogens is 2. The fourth-order valence-electron chi connectivity index (χ4n) is 3.71. The number of rotatable bonds is 11. The first kappa shape index (κ1) is 25.0. The van der Waals surface area contributed by atoms with Crippen molar-refractivity contribution in [1.82, 2.24) is 15.4 Å². The minimum Gasteiger partial charge on any atom is -0.493 e. The van der Waals surface area contributed by atoms with Gasteiger partial charge in [-0.2, -0.15) is 5.10 Å². The highest BCUT2D eigenvalue weighted by atomic mass is 16.5. The summed E-state index contributed by atoms with van der Waals surface area (Å²) in [6, 6.07) is 21.6. The molecule has 36 heavy (non-hydrogen) atoms. The van der Waals surface area contributed by atoms with Crippen LogP contribution >= 0.6 is 0 Å². The number of aliphatic imine (C=N–C) groups is 1. The van der Waals surface area contributed by atoms with E-state index in [-0.39, 0.29) is 0 Å². The first-order valence-corrected chi connectivity index (χ1v) is 12.4. The molecule has 0 unspecified atom stereocenters. The van der Waals surface area contributed by atoms with Crippen LogP contribution in [0.1, 0.15) is 49.6 Å². The predicted octanol–water partition coefficient (Wildman–Crippen LogP) is 6.54. The van der Waals surface area contributed by atoms with Gasteiger partial charge in [-0.05, 0) is 61.4 Å². The number of aromatic amines is 1. The monoisotopic (exact) mass is 483 g/mol. The van der Waals surface area contributed by atoms with E-state index >= 15 is 0 Å². The lowest BCUT2D eigenvalue weighted by Gasteiger charge is -2.11. The van der Waals surface area contributed by atoms with Gasteiger partial charge in [0.2, 0.25) is 0 Å². The molecule has 7 heteroatoms. The molecule has 1 aromatic heterocycles. The van der Waals surface area contributed by atoms with Gasteiger partial charge in [-0.15, -0.1) is 0 Å². The molecule has 7 nitrogen and oxygen atoms in total. The van der Waals surface area contributed by atoms with Crippen molar-refractivity contribution >= 4 is 28.8 Å². The van der Waals surface area contributed by atoms with E-state index in [0.717, 1.165) is 34.5 Å². The number of amidine groups is 1. The van der Waals surface area contributed by atoms with Crippen molar-refractivity contribution < 1.29 is 9.47 Å². The maximum Gasteiger partial charge on any atom is 0.190 e. The molecule has 2 N–H and O–H groups in total. The van der Waals surface area contributed by atoms with Crippen molar-refractivity contribution in [3.05, 3.63) is 83.7 Å². The number of para-hydroxylation sites is 2. The van der Waals surface area contributed by atoms with E-state index in [1.54, 1.807) is 13.3 Å². The number of benzene rings is 3. The largest absolute Gasteiger partial charge is 0.493 e. The lowest BCUT2D eigenvalue weighted by Crippen LogP contribution is -2.20. The van der Waals surface area contributed by atoms with Gasteiger partial charge < -0.3 is 14.5 Å². The van der Waals surface area contributed by atoms with E-state index in [9.17, 15) is 0 Å². The number of unbranched alkanes of at least 4 members (excludes halogenated alkanes) is 3. The van der Waals surface area contributed by atoms with Gasteiger partial charge >= 0.3 is 0 Å². The number of methoxy groups -OCH3 is 1. The first-order chi connectivity index (χ1) is 17.7. The fourth-order valence-corrected chi connectivity index (χ4v) is 3.71. The lowest BCUT2D eigenvalue weighted by molar-refractivity contribution is 0.285. The highest BCUT2D eigenvalue weighted by molar-refractivity contribution is 6.00. The Bertz CT molecular complexity index is 1290. The molecular weight excluding hydrogens is 450 g/mol. The van der Waals surface area contributed by atoms with Crippen LogP contribution < -0.4 is 14.9 Å². The Balaban J connectivity index is 1.51. The molecule has 0 aliphatic rings. The molecule has 1 heterocycles. The smallest absolute Gasteiger partial charge is 0.190 e.